The van der Waals surface area contributed by atoms with Crippen molar-refractivity contribution in [2.24, 2.45) is 5.73 Å². The van der Waals surface area contributed by atoms with Crippen LogP contribution < -0.4 is 5.73 Å². The Morgan fingerprint density at radius 1 is 0.960 bits per heavy atom. The summed E-state index contributed by atoms with van der Waals surface area (Å²) in [6.07, 6.45) is 2.35. The first kappa shape index (κ1) is 15.8. The molecule has 4 aromatic rings. The quantitative estimate of drug-likeness (QED) is 0.613. The van der Waals surface area contributed by atoms with E-state index in [1.807, 2.05) is 30.3 Å². The lowest BCUT2D eigenvalue weighted by molar-refractivity contribution is 0.590. The Hall–Kier alpha value is -2.70. The van der Waals surface area contributed by atoms with Gasteiger partial charge < -0.3 is 5.73 Å². The molecule has 0 saturated heterocycles. The van der Waals surface area contributed by atoms with Crippen molar-refractivity contribution in [2.75, 3.05) is 6.54 Å². The van der Waals surface area contributed by atoms with E-state index in [4.69, 9.17) is 5.73 Å². The second-order valence-electron chi connectivity index (χ2n) is 5.85. The zero-order chi connectivity index (χ0) is 17.4. The van der Waals surface area contributed by atoms with Crippen LogP contribution in [-0.4, -0.2) is 23.9 Å². The smallest absolute Gasteiger partial charge is 0.269 e. The molecule has 0 fully saturated rings. The van der Waals surface area contributed by atoms with Crippen LogP contribution in [0.5, 0.6) is 0 Å². The highest BCUT2D eigenvalue weighted by Gasteiger charge is 2.23. The van der Waals surface area contributed by atoms with Crippen LogP contribution in [0.4, 0.5) is 0 Å². The van der Waals surface area contributed by atoms with Gasteiger partial charge in [0.25, 0.3) is 10.0 Å². The summed E-state index contributed by atoms with van der Waals surface area (Å²) in [6, 6.07) is 17.9. The predicted octanol–water partition coefficient (Wildman–Crippen LogP) is 2.93. The van der Waals surface area contributed by atoms with Crippen LogP contribution in [0.15, 0.2) is 71.8 Å². The fraction of sp³-hybridized carbons (Fsp3) is 0.105. The molecule has 6 heteroatoms. The largest absolute Gasteiger partial charge is 0.330 e. The van der Waals surface area contributed by atoms with Crippen LogP contribution in [0, 0.1) is 0 Å². The van der Waals surface area contributed by atoms with Gasteiger partial charge in [-0.05, 0) is 54.9 Å². The molecule has 0 aliphatic rings. The Balaban J connectivity index is 2.09. The van der Waals surface area contributed by atoms with E-state index < -0.39 is 10.0 Å². The van der Waals surface area contributed by atoms with Crippen molar-refractivity contribution in [1.82, 2.24) is 8.96 Å². The normalized spacial score (nSPS) is 12.0. The topological polar surface area (TPSA) is 78.0 Å². The van der Waals surface area contributed by atoms with Gasteiger partial charge in [0.05, 0.1) is 10.4 Å². The molecule has 2 heterocycles. The van der Waals surface area contributed by atoms with Crippen molar-refractivity contribution in [3.63, 3.8) is 0 Å². The lowest BCUT2D eigenvalue weighted by Crippen LogP contribution is -2.13. The molecular weight excluding hydrogens is 334 g/mol. The summed E-state index contributed by atoms with van der Waals surface area (Å²) in [5, 5.41) is 1.68. The van der Waals surface area contributed by atoms with Crippen molar-refractivity contribution in [3.8, 4) is 0 Å². The van der Waals surface area contributed by atoms with Gasteiger partial charge in [-0.2, -0.15) is 0 Å². The van der Waals surface area contributed by atoms with E-state index in [2.05, 4.69) is 4.98 Å². The van der Waals surface area contributed by atoms with Crippen molar-refractivity contribution < 1.29 is 8.42 Å². The van der Waals surface area contributed by atoms with Gasteiger partial charge in [0.15, 0.2) is 5.65 Å². The van der Waals surface area contributed by atoms with E-state index in [0.29, 0.717) is 17.7 Å². The number of pyridine rings is 1. The summed E-state index contributed by atoms with van der Waals surface area (Å²) < 4.78 is 27.8. The molecule has 5 nitrogen and oxygen atoms in total. The van der Waals surface area contributed by atoms with Crippen LogP contribution in [-0.2, 0) is 16.4 Å². The summed E-state index contributed by atoms with van der Waals surface area (Å²) in [5.74, 6) is 0. The first-order valence-electron chi connectivity index (χ1n) is 8.01. The molecule has 126 valence electrons. The second kappa shape index (κ2) is 5.98. The van der Waals surface area contributed by atoms with Crippen LogP contribution in [0.2, 0.25) is 0 Å². The van der Waals surface area contributed by atoms with Crippen LogP contribution in [0.3, 0.4) is 0 Å². The van der Waals surface area contributed by atoms with Gasteiger partial charge in [-0.1, -0.05) is 24.3 Å². The van der Waals surface area contributed by atoms with E-state index in [-0.39, 0.29) is 4.90 Å². The number of nitrogens with zero attached hydrogens (tertiary/aromatic N) is 2. The number of hydrogen-bond acceptors (Lipinski definition) is 4. The number of rotatable bonds is 4. The average molecular weight is 351 g/mol. The average Bonchev–Trinajstić information content (AvgIpc) is 2.97. The summed E-state index contributed by atoms with van der Waals surface area (Å²) in [6.45, 7) is 0.546. The molecular formula is C19H17N3O2S. The number of nitrogens with two attached hydrogens (primary N) is 1. The molecule has 0 aliphatic carbocycles. The maximum absolute atomic E-state index is 13.2. The Kier molecular flexibility index (Phi) is 3.78. The van der Waals surface area contributed by atoms with E-state index in [0.717, 1.165) is 22.8 Å². The minimum Gasteiger partial charge on any atom is -0.330 e. The Bertz CT molecular complexity index is 1170. The van der Waals surface area contributed by atoms with Gasteiger partial charge in [-0.15, -0.1) is 0 Å². The number of benzene rings is 2. The van der Waals surface area contributed by atoms with Crippen LogP contribution >= 0.6 is 0 Å². The molecule has 0 saturated carbocycles. The third-order valence-electron chi connectivity index (χ3n) is 4.26. The zero-order valence-corrected chi connectivity index (χ0v) is 14.3. The van der Waals surface area contributed by atoms with Crippen molar-refractivity contribution in [1.29, 1.82) is 0 Å². The zero-order valence-electron chi connectivity index (χ0n) is 13.5. The van der Waals surface area contributed by atoms with E-state index in [1.54, 1.807) is 36.5 Å². The predicted molar refractivity (Wildman–Crippen MR) is 99.0 cm³/mol. The number of hydrogen-bond donors (Lipinski definition) is 1. The van der Waals surface area contributed by atoms with Crippen molar-refractivity contribution in [3.05, 3.63) is 72.4 Å². The highest BCUT2D eigenvalue weighted by atomic mass is 32.2. The highest BCUT2D eigenvalue weighted by molar-refractivity contribution is 7.90. The molecule has 0 amide bonds. The molecule has 2 aromatic carbocycles. The van der Waals surface area contributed by atoms with Gasteiger partial charge >= 0.3 is 0 Å². The van der Waals surface area contributed by atoms with Crippen LogP contribution in [0.25, 0.3) is 21.9 Å². The summed E-state index contributed by atoms with van der Waals surface area (Å²) >= 11 is 0. The maximum atomic E-state index is 13.2. The van der Waals surface area contributed by atoms with E-state index >= 15 is 0 Å². The van der Waals surface area contributed by atoms with E-state index in [9.17, 15) is 8.42 Å². The molecule has 0 aliphatic heterocycles. The lowest BCUT2D eigenvalue weighted by atomic mass is 10.1. The molecule has 2 aromatic heterocycles. The minimum atomic E-state index is -3.74. The lowest BCUT2D eigenvalue weighted by Gasteiger charge is -2.08. The third kappa shape index (κ3) is 2.50. The Morgan fingerprint density at radius 3 is 2.52 bits per heavy atom. The highest BCUT2D eigenvalue weighted by Crippen LogP contribution is 2.31. The molecule has 0 atom stereocenters. The van der Waals surface area contributed by atoms with Gasteiger partial charge in [-0.25, -0.2) is 17.4 Å². The molecule has 0 bridgehead atoms. The SMILES string of the molecule is NCCc1ccc2c(c1)c1cccnc1n2S(=O)(=O)c1ccccc1. The fourth-order valence-electron chi connectivity index (χ4n) is 3.12. The van der Waals surface area contributed by atoms with Gasteiger partial charge in [0, 0.05) is 17.0 Å². The third-order valence-corrected chi connectivity index (χ3v) is 5.98. The van der Waals surface area contributed by atoms with Gasteiger partial charge in [0.2, 0.25) is 0 Å². The van der Waals surface area contributed by atoms with Crippen molar-refractivity contribution >= 4 is 32.0 Å². The first-order valence-corrected chi connectivity index (χ1v) is 9.45. The molecule has 0 spiro atoms. The standard InChI is InChI=1S/C19H17N3O2S/c20-11-10-14-8-9-18-17(13-14)16-7-4-12-21-19(16)22(18)25(23,24)15-5-2-1-3-6-15/h1-9,12-13H,10-11,20H2. The minimum absolute atomic E-state index is 0.241. The molecule has 4 rings (SSSR count). The molecule has 2 N–H and O–H groups in total. The summed E-state index contributed by atoms with van der Waals surface area (Å²) in [4.78, 5) is 4.59. The molecule has 25 heavy (non-hydrogen) atoms. The van der Waals surface area contributed by atoms with Crippen molar-refractivity contribution in [2.45, 2.75) is 11.3 Å². The first-order chi connectivity index (χ1) is 12.1. The van der Waals surface area contributed by atoms with Gasteiger partial charge in [-0.3, -0.25) is 0 Å². The monoisotopic (exact) mass is 351 g/mol. The number of aromatic nitrogens is 2. The Morgan fingerprint density at radius 2 is 1.76 bits per heavy atom. The Labute approximate surface area is 145 Å². The summed E-state index contributed by atoms with van der Waals surface area (Å²) in [7, 11) is -3.74. The maximum Gasteiger partial charge on any atom is 0.269 e. The summed E-state index contributed by atoms with van der Waals surface area (Å²) in [5.41, 5.74) is 7.79. The van der Waals surface area contributed by atoms with E-state index in [1.165, 1.54) is 3.97 Å². The van der Waals surface area contributed by atoms with Crippen LogP contribution in [0.1, 0.15) is 5.56 Å². The fourth-order valence-corrected chi connectivity index (χ4v) is 4.63. The van der Waals surface area contributed by atoms with Gasteiger partial charge in [0.1, 0.15) is 0 Å². The molecule has 0 radical (unpaired) electrons. The second-order valence-corrected chi connectivity index (χ2v) is 7.63. The molecule has 0 unspecified atom stereocenters. The number of fused-ring (bicyclic) bond motifs is 3.